The number of esters is 1. The summed E-state index contributed by atoms with van der Waals surface area (Å²) < 4.78 is 5.06. The van der Waals surface area contributed by atoms with Crippen molar-refractivity contribution in [3.63, 3.8) is 0 Å². The van der Waals surface area contributed by atoms with Gasteiger partial charge in [-0.15, -0.1) is 0 Å². The zero-order valence-electron chi connectivity index (χ0n) is 10.7. The lowest BCUT2D eigenvalue weighted by molar-refractivity contribution is -0.139. The van der Waals surface area contributed by atoms with E-state index in [-0.39, 0.29) is 11.9 Å². The second kappa shape index (κ2) is 6.42. The van der Waals surface area contributed by atoms with Gasteiger partial charge in [0.15, 0.2) is 0 Å². The molecule has 1 aliphatic rings. The highest BCUT2D eigenvalue weighted by molar-refractivity contribution is 5.86. The summed E-state index contributed by atoms with van der Waals surface area (Å²) >= 11 is 0. The predicted octanol–water partition coefficient (Wildman–Crippen LogP) is 1.75. The third-order valence-electron chi connectivity index (χ3n) is 3.17. The summed E-state index contributed by atoms with van der Waals surface area (Å²) in [5.74, 6) is 0.395. The highest BCUT2D eigenvalue weighted by atomic mass is 16.5. The number of amides is 1. The van der Waals surface area contributed by atoms with E-state index in [9.17, 15) is 9.59 Å². The number of ether oxygens (including phenoxy) is 1. The van der Waals surface area contributed by atoms with E-state index in [2.05, 4.69) is 6.58 Å². The number of rotatable bonds is 4. The first-order valence-corrected chi connectivity index (χ1v) is 6.09. The van der Waals surface area contributed by atoms with E-state index in [4.69, 9.17) is 4.74 Å². The molecule has 96 valence electrons. The molecule has 1 amide bonds. The van der Waals surface area contributed by atoms with Gasteiger partial charge in [0.2, 0.25) is 5.91 Å². The molecule has 0 saturated carbocycles. The topological polar surface area (TPSA) is 46.6 Å². The van der Waals surface area contributed by atoms with Gasteiger partial charge in [-0.3, -0.25) is 4.79 Å². The highest BCUT2D eigenvalue weighted by Gasteiger charge is 2.20. The van der Waals surface area contributed by atoms with E-state index >= 15 is 0 Å². The first-order valence-electron chi connectivity index (χ1n) is 6.09. The van der Waals surface area contributed by atoms with Gasteiger partial charge in [0.25, 0.3) is 0 Å². The van der Waals surface area contributed by atoms with Crippen LogP contribution in [0.5, 0.6) is 0 Å². The van der Waals surface area contributed by atoms with Crippen molar-refractivity contribution in [2.24, 2.45) is 5.92 Å². The van der Waals surface area contributed by atoms with Crippen LogP contribution < -0.4 is 0 Å². The Hall–Kier alpha value is -1.32. The zero-order chi connectivity index (χ0) is 12.8. The summed E-state index contributed by atoms with van der Waals surface area (Å²) in [6.45, 7) is 8.89. The average molecular weight is 239 g/mol. The van der Waals surface area contributed by atoms with Gasteiger partial charge in [-0.2, -0.15) is 0 Å². The number of piperidine rings is 1. The normalized spacial score (nSPS) is 16.7. The van der Waals surface area contributed by atoms with Crippen LogP contribution in [0.4, 0.5) is 0 Å². The molecule has 0 aromatic rings. The Bertz CT molecular complexity index is 304. The maximum absolute atomic E-state index is 11.2. The minimum atomic E-state index is -0.314. The van der Waals surface area contributed by atoms with Gasteiger partial charge in [0, 0.05) is 25.6 Å². The van der Waals surface area contributed by atoms with E-state index in [1.807, 2.05) is 4.90 Å². The molecule has 0 N–H and O–H groups in total. The van der Waals surface area contributed by atoms with Gasteiger partial charge in [0.1, 0.15) is 0 Å². The summed E-state index contributed by atoms with van der Waals surface area (Å²) in [6.07, 6.45) is 2.89. The Labute approximate surface area is 103 Å². The second-order valence-electron chi connectivity index (χ2n) is 4.65. The van der Waals surface area contributed by atoms with Gasteiger partial charge < -0.3 is 9.64 Å². The van der Waals surface area contributed by atoms with Crippen LogP contribution in [0.1, 0.15) is 33.1 Å². The Morgan fingerprint density at radius 2 is 1.88 bits per heavy atom. The quantitative estimate of drug-likeness (QED) is 0.554. The standard InChI is InChI=1S/C13H21NO3/c1-10(2)13(16)17-9-6-12-4-7-14(8-5-12)11(3)15/h12H,1,4-9H2,2-3H3. The number of hydrogen-bond donors (Lipinski definition) is 0. The van der Waals surface area contributed by atoms with Crippen molar-refractivity contribution in [1.29, 1.82) is 0 Å². The molecule has 0 aromatic carbocycles. The first kappa shape index (κ1) is 13.7. The summed E-state index contributed by atoms with van der Waals surface area (Å²) in [5, 5.41) is 0. The van der Waals surface area contributed by atoms with Crippen LogP contribution in [0.15, 0.2) is 12.2 Å². The second-order valence-corrected chi connectivity index (χ2v) is 4.65. The van der Waals surface area contributed by atoms with Gasteiger partial charge in [0.05, 0.1) is 6.61 Å². The number of hydrogen-bond acceptors (Lipinski definition) is 3. The number of nitrogens with zero attached hydrogens (tertiary/aromatic N) is 1. The third kappa shape index (κ3) is 4.59. The molecule has 0 aromatic heterocycles. The molecule has 0 spiro atoms. The predicted molar refractivity (Wildman–Crippen MR) is 65.4 cm³/mol. The van der Waals surface area contributed by atoms with Crippen molar-refractivity contribution in [3.05, 3.63) is 12.2 Å². The molecule has 1 fully saturated rings. The fourth-order valence-electron chi connectivity index (χ4n) is 1.98. The molecule has 17 heavy (non-hydrogen) atoms. The molecular weight excluding hydrogens is 218 g/mol. The molecule has 1 saturated heterocycles. The lowest BCUT2D eigenvalue weighted by Crippen LogP contribution is -2.37. The smallest absolute Gasteiger partial charge is 0.333 e. The van der Waals surface area contributed by atoms with Crippen molar-refractivity contribution >= 4 is 11.9 Å². The molecule has 0 aliphatic carbocycles. The van der Waals surface area contributed by atoms with Gasteiger partial charge in [-0.25, -0.2) is 4.79 Å². The summed E-state index contributed by atoms with van der Waals surface area (Å²) in [4.78, 5) is 24.2. The summed E-state index contributed by atoms with van der Waals surface area (Å²) in [6, 6.07) is 0. The summed E-state index contributed by atoms with van der Waals surface area (Å²) in [7, 11) is 0. The largest absolute Gasteiger partial charge is 0.462 e. The maximum Gasteiger partial charge on any atom is 0.333 e. The molecule has 1 heterocycles. The van der Waals surface area contributed by atoms with Crippen LogP contribution in [0.2, 0.25) is 0 Å². The first-order chi connectivity index (χ1) is 8.00. The number of likely N-dealkylation sites (tertiary alicyclic amines) is 1. The third-order valence-corrected chi connectivity index (χ3v) is 3.17. The molecule has 1 aliphatic heterocycles. The van der Waals surface area contributed by atoms with E-state index in [0.29, 0.717) is 18.1 Å². The van der Waals surface area contributed by atoms with Gasteiger partial charge >= 0.3 is 5.97 Å². The zero-order valence-corrected chi connectivity index (χ0v) is 10.7. The Morgan fingerprint density at radius 1 is 1.29 bits per heavy atom. The SMILES string of the molecule is C=C(C)C(=O)OCCC1CCN(C(C)=O)CC1. The van der Waals surface area contributed by atoms with Crippen molar-refractivity contribution in [2.75, 3.05) is 19.7 Å². The minimum absolute atomic E-state index is 0.150. The Morgan fingerprint density at radius 3 is 2.35 bits per heavy atom. The Balaban J connectivity index is 2.16. The Kier molecular flexibility index (Phi) is 5.19. The van der Waals surface area contributed by atoms with Crippen molar-refractivity contribution in [2.45, 2.75) is 33.1 Å². The van der Waals surface area contributed by atoms with Crippen molar-refractivity contribution in [1.82, 2.24) is 4.90 Å². The van der Waals surface area contributed by atoms with Crippen LogP contribution >= 0.6 is 0 Å². The molecule has 0 radical (unpaired) electrons. The monoisotopic (exact) mass is 239 g/mol. The minimum Gasteiger partial charge on any atom is -0.462 e. The molecule has 0 bridgehead atoms. The van der Waals surface area contributed by atoms with Crippen molar-refractivity contribution in [3.8, 4) is 0 Å². The van der Waals surface area contributed by atoms with Gasteiger partial charge in [-0.05, 0) is 32.1 Å². The maximum atomic E-state index is 11.2. The van der Waals surface area contributed by atoms with E-state index < -0.39 is 0 Å². The molecule has 0 unspecified atom stereocenters. The molecule has 4 nitrogen and oxygen atoms in total. The fourth-order valence-corrected chi connectivity index (χ4v) is 1.98. The molecule has 0 atom stereocenters. The van der Waals surface area contributed by atoms with E-state index in [1.54, 1.807) is 13.8 Å². The highest BCUT2D eigenvalue weighted by Crippen LogP contribution is 2.20. The van der Waals surface area contributed by atoms with Crippen molar-refractivity contribution < 1.29 is 14.3 Å². The van der Waals surface area contributed by atoms with Gasteiger partial charge in [-0.1, -0.05) is 6.58 Å². The molecule has 1 rings (SSSR count). The van der Waals surface area contributed by atoms with Crippen LogP contribution in [-0.2, 0) is 14.3 Å². The lowest BCUT2D eigenvalue weighted by atomic mass is 9.94. The molecule has 4 heteroatoms. The van der Waals surface area contributed by atoms with Crippen LogP contribution in [-0.4, -0.2) is 36.5 Å². The van der Waals surface area contributed by atoms with E-state index in [1.165, 1.54) is 0 Å². The van der Waals surface area contributed by atoms with Crippen LogP contribution in [0, 0.1) is 5.92 Å². The van der Waals surface area contributed by atoms with Crippen LogP contribution in [0.25, 0.3) is 0 Å². The molecular formula is C13H21NO3. The summed E-state index contributed by atoms with van der Waals surface area (Å²) in [5.41, 5.74) is 0.441. The fraction of sp³-hybridized carbons (Fsp3) is 0.692. The average Bonchev–Trinajstić information content (AvgIpc) is 2.29. The number of carbonyl (C=O) groups excluding carboxylic acids is 2. The number of carbonyl (C=O) groups is 2. The lowest BCUT2D eigenvalue weighted by Gasteiger charge is -2.31. The van der Waals surface area contributed by atoms with Crippen LogP contribution in [0.3, 0.4) is 0 Å². The van der Waals surface area contributed by atoms with E-state index in [0.717, 1.165) is 32.4 Å².